The number of likely N-dealkylation sites (tertiary alicyclic amines) is 1. The number of nitrogens with zero attached hydrogens (tertiary/aromatic N) is 1. The Hall–Kier alpha value is -1.85. The highest BCUT2D eigenvalue weighted by Crippen LogP contribution is 2.37. The molecule has 122 valence electrons. The van der Waals surface area contributed by atoms with Gasteiger partial charge in [0.05, 0.1) is 24.9 Å². The number of para-hydroxylation sites is 1. The smallest absolute Gasteiger partial charge is 0.289 e. The Morgan fingerprint density at radius 3 is 2.96 bits per heavy atom. The largest absolute Gasteiger partial charge is 0.451 e. The fourth-order valence-electron chi connectivity index (χ4n) is 3.78. The van der Waals surface area contributed by atoms with Crippen molar-refractivity contribution in [2.24, 2.45) is 0 Å². The van der Waals surface area contributed by atoms with E-state index < -0.39 is 0 Å². The molecule has 0 radical (unpaired) electrons. The summed E-state index contributed by atoms with van der Waals surface area (Å²) in [5.74, 6) is 0.407. The van der Waals surface area contributed by atoms with Gasteiger partial charge in [-0.1, -0.05) is 18.2 Å². The second-order valence-electron chi connectivity index (χ2n) is 6.58. The molecule has 5 nitrogen and oxygen atoms in total. The van der Waals surface area contributed by atoms with Gasteiger partial charge in [0, 0.05) is 31.0 Å². The van der Waals surface area contributed by atoms with Gasteiger partial charge in [0.25, 0.3) is 5.91 Å². The minimum absolute atomic E-state index is 0.0416. The average molecular weight is 315 g/mol. The molecule has 1 amide bonds. The van der Waals surface area contributed by atoms with Crippen LogP contribution in [0.5, 0.6) is 0 Å². The number of hydrogen-bond acceptors (Lipinski definition) is 4. The number of furan rings is 1. The van der Waals surface area contributed by atoms with Gasteiger partial charge in [-0.25, -0.2) is 0 Å². The van der Waals surface area contributed by atoms with E-state index >= 15 is 0 Å². The molecule has 2 fully saturated rings. The quantitative estimate of drug-likeness (QED) is 0.855. The maximum absolute atomic E-state index is 12.9. The average Bonchev–Trinajstić information content (AvgIpc) is 3.26. The molecule has 2 aliphatic rings. The molecule has 23 heavy (non-hydrogen) atoms. The highest BCUT2D eigenvalue weighted by molar-refractivity contribution is 5.99. The Balaban J connectivity index is 1.57. The maximum Gasteiger partial charge on any atom is 0.289 e. The molecule has 2 atom stereocenters. The third-order valence-corrected chi connectivity index (χ3v) is 5.15. The Labute approximate surface area is 135 Å². The number of hydrogen-bond donors (Lipinski definition) is 0. The molecule has 0 aliphatic carbocycles. The zero-order chi connectivity index (χ0) is 16.0. The second kappa shape index (κ2) is 5.35. The van der Waals surface area contributed by atoms with E-state index in [1.165, 1.54) is 0 Å². The number of ether oxygens (including phenoxy) is 2. The molecule has 2 aliphatic heterocycles. The number of methoxy groups -OCH3 is 1. The van der Waals surface area contributed by atoms with Gasteiger partial charge in [-0.3, -0.25) is 4.79 Å². The molecule has 0 saturated carbocycles. The van der Waals surface area contributed by atoms with Crippen molar-refractivity contribution < 1.29 is 18.7 Å². The van der Waals surface area contributed by atoms with E-state index in [1.54, 1.807) is 7.11 Å². The summed E-state index contributed by atoms with van der Waals surface area (Å²) in [7, 11) is 1.71. The summed E-state index contributed by atoms with van der Waals surface area (Å²) < 4.78 is 17.2. The molecule has 1 aromatic carbocycles. The Bertz CT molecular complexity index is 753. The lowest BCUT2D eigenvalue weighted by Gasteiger charge is -2.22. The SMILES string of the molecule is CO[C@@H]1CO[C@@]2(CCN(C(=O)c3oc4ccccc4c3C)C2)C1. The van der Waals surface area contributed by atoms with Crippen molar-refractivity contribution in [3.05, 3.63) is 35.6 Å². The minimum Gasteiger partial charge on any atom is -0.451 e. The molecule has 0 unspecified atom stereocenters. The lowest BCUT2D eigenvalue weighted by atomic mass is 9.98. The number of amides is 1. The van der Waals surface area contributed by atoms with Crippen molar-refractivity contribution in [1.29, 1.82) is 0 Å². The van der Waals surface area contributed by atoms with Crippen LogP contribution in [-0.4, -0.2) is 49.3 Å². The highest BCUT2D eigenvalue weighted by Gasteiger charge is 2.47. The lowest BCUT2D eigenvalue weighted by Crippen LogP contribution is -2.36. The van der Waals surface area contributed by atoms with Gasteiger partial charge in [-0.15, -0.1) is 0 Å². The van der Waals surface area contributed by atoms with Crippen LogP contribution < -0.4 is 0 Å². The number of fused-ring (bicyclic) bond motifs is 1. The molecular formula is C18H21NO4. The van der Waals surface area contributed by atoms with Crippen LogP contribution in [0.25, 0.3) is 11.0 Å². The molecule has 1 aromatic heterocycles. The molecule has 0 N–H and O–H groups in total. The third-order valence-electron chi connectivity index (χ3n) is 5.15. The second-order valence-corrected chi connectivity index (χ2v) is 6.58. The molecule has 1 spiro atoms. The van der Waals surface area contributed by atoms with Gasteiger partial charge in [0.2, 0.25) is 0 Å². The van der Waals surface area contributed by atoms with Crippen LogP contribution in [-0.2, 0) is 9.47 Å². The standard InChI is InChI=1S/C18H21NO4/c1-12-14-5-3-4-6-15(14)23-16(12)17(20)19-8-7-18(11-19)9-13(21-2)10-22-18/h3-6,13H,7-11H2,1-2H3/t13-,18-/m0/s1. The molecule has 0 bridgehead atoms. The van der Waals surface area contributed by atoms with Crippen LogP contribution in [0.1, 0.15) is 29.0 Å². The zero-order valence-corrected chi connectivity index (χ0v) is 13.5. The van der Waals surface area contributed by atoms with Crippen molar-refractivity contribution >= 4 is 16.9 Å². The van der Waals surface area contributed by atoms with Gasteiger partial charge in [0.15, 0.2) is 5.76 Å². The Kier molecular flexibility index (Phi) is 3.43. The van der Waals surface area contributed by atoms with Crippen LogP contribution in [0, 0.1) is 6.92 Å². The minimum atomic E-state index is -0.240. The maximum atomic E-state index is 12.9. The topological polar surface area (TPSA) is 51.9 Å². The summed E-state index contributed by atoms with van der Waals surface area (Å²) >= 11 is 0. The summed E-state index contributed by atoms with van der Waals surface area (Å²) in [5, 5.41) is 1.00. The normalized spacial score (nSPS) is 27.4. The predicted molar refractivity (Wildman–Crippen MR) is 85.6 cm³/mol. The van der Waals surface area contributed by atoms with E-state index in [9.17, 15) is 4.79 Å². The lowest BCUT2D eigenvalue weighted by molar-refractivity contribution is 0.00677. The van der Waals surface area contributed by atoms with Gasteiger partial charge in [0.1, 0.15) is 5.58 Å². The van der Waals surface area contributed by atoms with Gasteiger partial charge >= 0.3 is 0 Å². The fraction of sp³-hybridized carbons (Fsp3) is 0.500. The molecule has 3 heterocycles. The first-order valence-corrected chi connectivity index (χ1v) is 8.06. The zero-order valence-electron chi connectivity index (χ0n) is 13.5. The van der Waals surface area contributed by atoms with Crippen molar-refractivity contribution in [2.75, 3.05) is 26.8 Å². The summed E-state index contributed by atoms with van der Waals surface area (Å²) in [6.07, 6.45) is 1.85. The van der Waals surface area contributed by atoms with Crippen molar-refractivity contribution in [3.63, 3.8) is 0 Å². The van der Waals surface area contributed by atoms with Crippen molar-refractivity contribution in [2.45, 2.75) is 31.5 Å². The molecule has 5 heteroatoms. The van der Waals surface area contributed by atoms with E-state index in [-0.39, 0.29) is 17.6 Å². The summed E-state index contributed by atoms with van der Waals surface area (Å²) in [4.78, 5) is 14.7. The highest BCUT2D eigenvalue weighted by atomic mass is 16.6. The monoisotopic (exact) mass is 315 g/mol. The van der Waals surface area contributed by atoms with Crippen LogP contribution in [0.2, 0.25) is 0 Å². The number of carbonyl (C=O) groups is 1. The number of rotatable bonds is 2. The summed E-state index contributed by atoms with van der Waals surface area (Å²) in [6.45, 7) is 3.87. The fourth-order valence-corrected chi connectivity index (χ4v) is 3.78. The first-order chi connectivity index (χ1) is 11.1. The van der Waals surface area contributed by atoms with Crippen LogP contribution >= 0.6 is 0 Å². The van der Waals surface area contributed by atoms with Crippen LogP contribution in [0.4, 0.5) is 0 Å². The molecular weight excluding hydrogens is 294 g/mol. The third kappa shape index (κ3) is 2.35. The summed E-state index contributed by atoms with van der Waals surface area (Å²) in [5.41, 5.74) is 1.43. The number of carbonyl (C=O) groups excluding carboxylic acids is 1. The van der Waals surface area contributed by atoms with Gasteiger partial charge in [-0.2, -0.15) is 0 Å². The van der Waals surface area contributed by atoms with E-state index in [0.29, 0.717) is 25.5 Å². The first kappa shape index (κ1) is 14.7. The first-order valence-electron chi connectivity index (χ1n) is 8.06. The van der Waals surface area contributed by atoms with E-state index in [0.717, 1.165) is 29.4 Å². The van der Waals surface area contributed by atoms with Gasteiger partial charge in [-0.05, 0) is 19.4 Å². The van der Waals surface area contributed by atoms with E-state index in [2.05, 4.69) is 0 Å². The van der Waals surface area contributed by atoms with Crippen molar-refractivity contribution in [1.82, 2.24) is 4.90 Å². The molecule has 2 saturated heterocycles. The van der Waals surface area contributed by atoms with E-state index in [1.807, 2.05) is 36.1 Å². The number of aryl methyl sites for hydroxylation is 1. The predicted octanol–water partition coefficient (Wildman–Crippen LogP) is 2.76. The molecule has 2 aromatic rings. The van der Waals surface area contributed by atoms with Crippen molar-refractivity contribution in [3.8, 4) is 0 Å². The van der Waals surface area contributed by atoms with Crippen LogP contribution in [0.15, 0.2) is 28.7 Å². The van der Waals surface area contributed by atoms with Crippen LogP contribution in [0.3, 0.4) is 0 Å². The summed E-state index contributed by atoms with van der Waals surface area (Å²) in [6, 6.07) is 7.76. The molecule has 4 rings (SSSR count). The Morgan fingerprint density at radius 1 is 1.39 bits per heavy atom. The van der Waals surface area contributed by atoms with E-state index in [4.69, 9.17) is 13.9 Å². The number of benzene rings is 1. The van der Waals surface area contributed by atoms with Gasteiger partial charge < -0.3 is 18.8 Å². The Morgan fingerprint density at radius 2 is 2.22 bits per heavy atom.